The fourth-order valence-corrected chi connectivity index (χ4v) is 4.03. The first-order valence-corrected chi connectivity index (χ1v) is 12.4. The number of aryl methyl sites for hydroxylation is 1. The van der Waals surface area contributed by atoms with Crippen molar-refractivity contribution in [1.82, 2.24) is 5.32 Å². The number of rotatable bonds is 8. The fraction of sp³-hybridized carbons (Fsp3) is 0.167. The Hall–Kier alpha value is -5.45. The van der Waals surface area contributed by atoms with E-state index in [9.17, 15) is 24.0 Å². The molecular formula is C30H27N3O8. The summed E-state index contributed by atoms with van der Waals surface area (Å²) in [6, 6.07) is 14.9. The molecule has 0 bridgehead atoms. The van der Waals surface area contributed by atoms with Crippen LogP contribution in [-0.4, -0.2) is 50.5 Å². The van der Waals surface area contributed by atoms with Gasteiger partial charge in [-0.05, 0) is 79.1 Å². The first-order chi connectivity index (χ1) is 19.6. The molecule has 0 unspecified atom stereocenters. The lowest BCUT2D eigenvalue weighted by atomic mass is 10.1. The van der Waals surface area contributed by atoms with Crippen LogP contribution in [0.2, 0.25) is 0 Å². The van der Waals surface area contributed by atoms with Gasteiger partial charge in [-0.25, -0.2) is 14.5 Å². The van der Waals surface area contributed by atoms with Gasteiger partial charge in [0.25, 0.3) is 17.7 Å². The Bertz CT molecular complexity index is 1580. The molecule has 0 atom stereocenters. The normalized spacial score (nSPS) is 14.0. The van der Waals surface area contributed by atoms with Gasteiger partial charge in [0.05, 0.1) is 25.5 Å². The van der Waals surface area contributed by atoms with Gasteiger partial charge < -0.3 is 19.5 Å². The van der Waals surface area contributed by atoms with Gasteiger partial charge in [-0.2, -0.15) is 0 Å². The van der Waals surface area contributed by atoms with Crippen molar-refractivity contribution >= 4 is 47.2 Å². The van der Waals surface area contributed by atoms with Gasteiger partial charge in [-0.3, -0.25) is 19.7 Å². The van der Waals surface area contributed by atoms with E-state index in [2.05, 4.69) is 15.4 Å². The maximum absolute atomic E-state index is 13.2. The minimum absolute atomic E-state index is 0.152. The Morgan fingerprint density at radius 1 is 0.951 bits per heavy atom. The van der Waals surface area contributed by atoms with E-state index in [1.165, 1.54) is 56.7 Å². The lowest BCUT2D eigenvalue weighted by Crippen LogP contribution is -2.54. The van der Waals surface area contributed by atoms with Crippen molar-refractivity contribution in [1.29, 1.82) is 0 Å². The van der Waals surface area contributed by atoms with Crippen molar-refractivity contribution in [3.8, 4) is 11.5 Å². The zero-order chi connectivity index (χ0) is 29.7. The van der Waals surface area contributed by atoms with E-state index in [-0.39, 0.29) is 40.8 Å². The molecule has 2 N–H and O–H groups in total. The number of nitrogens with one attached hydrogen (secondary N) is 2. The van der Waals surface area contributed by atoms with Gasteiger partial charge in [0.1, 0.15) is 5.57 Å². The summed E-state index contributed by atoms with van der Waals surface area (Å²) >= 11 is 0. The molecule has 1 saturated heterocycles. The van der Waals surface area contributed by atoms with E-state index in [4.69, 9.17) is 9.47 Å². The van der Waals surface area contributed by atoms with E-state index < -0.39 is 23.8 Å². The lowest BCUT2D eigenvalue weighted by molar-refractivity contribution is -0.122. The highest BCUT2D eigenvalue weighted by Crippen LogP contribution is 2.30. The first kappa shape index (κ1) is 28.6. The van der Waals surface area contributed by atoms with Gasteiger partial charge in [0.15, 0.2) is 18.1 Å². The maximum atomic E-state index is 13.2. The number of ether oxygens (including phenoxy) is 3. The number of urea groups is 1. The molecule has 3 aromatic rings. The van der Waals surface area contributed by atoms with Crippen molar-refractivity contribution < 1.29 is 38.2 Å². The summed E-state index contributed by atoms with van der Waals surface area (Å²) in [6.07, 6.45) is 1.31. The van der Waals surface area contributed by atoms with Crippen LogP contribution in [0.25, 0.3) is 6.08 Å². The Balaban J connectivity index is 1.51. The molecule has 11 heteroatoms. The van der Waals surface area contributed by atoms with Crippen LogP contribution in [0.15, 0.2) is 66.2 Å². The number of anilines is 2. The highest BCUT2D eigenvalue weighted by Gasteiger charge is 2.37. The summed E-state index contributed by atoms with van der Waals surface area (Å²) in [7, 11) is 2.64. The van der Waals surface area contributed by atoms with Crippen LogP contribution in [0, 0.1) is 13.8 Å². The standard InChI is InChI=1S/C30H27N3O8/c1-17-6-5-7-23(18(17)2)31-26(34)16-41-24-13-8-19(15-25(24)39-3)14-22-27(35)32-30(38)33(28(22)36)21-11-9-20(10-12-21)29(37)40-4/h5-15H,16H2,1-4H3,(H,31,34)(H,32,35,38)/b22-14-. The second-order valence-corrected chi connectivity index (χ2v) is 8.99. The number of imide groups is 2. The first-order valence-electron chi connectivity index (χ1n) is 12.4. The molecule has 5 amide bonds. The van der Waals surface area contributed by atoms with Crippen LogP contribution >= 0.6 is 0 Å². The molecule has 0 radical (unpaired) electrons. The van der Waals surface area contributed by atoms with Crippen molar-refractivity contribution in [3.63, 3.8) is 0 Å². The quantitative estimate of drug-likeness (QED) is 0.242. The van der Waals surface area contributed by atoms with Crippen LogP contribution in [-0.2, 0) is 19.1 Å². The molecule has 0 spiro atoms. The summed E-state index contributed by atoms with van der Waals surface area (Å²) < 4.78 is 15.7. The summed E-state index contributed by atoms with van der Waals surface area (Å²) in [6.45, 7) is 3.58. The zero-order valence-corrected chi connectivity index (χ0v) is 22.8. The van der Waals surface area contributed by atoms with Crippen LogP contribution in [0.3, 0.4) is 0 Å². The highest BCUT2D eigenvalue weighted by atomic mass is 16.5. The third kappa shape index (κ3) is 6.25. The molecular weight excluding hydrogens is 530 g/mol. The minimum atomic E-state index is -0.927. The van der Waals surface area contributed by atoms with E-state index in [1.54, 1.807) is 12.1 Å². The molecule has 0 saturated carbocycles. The van der Waals surface area contributed by atoms with Gasteiger partial charge in [0.2, 0.25) is 0 Å². The highest BCUT2D eigenvalue weighted by molar-refractivity contribution is 6.39. The van der Waals surface area contributed by atoms with Gasteiger partial charge >= 0.3 is 12.0 Å². The topological polar surface area (TPSA) is 140 Å². The van der Waals surface area contributed by atoms with E-state index >= 15 is 0 Å². The van der Waals surface area contributed by atoms with Crippen molar-refractivity contribution in [3.05, 3.63) is 88.5 Å². The third-order valence-corrected chi connectivity index (χ3v) is 6.38. The second-order valence-electron chi connectivity index (χ2n) is 8.99. The number of hydrogen-bond donors (Lipinski definition) is 2. The van der Waals surface area contributed by atoms with Crippen LogP contribution in [0.1, 0.15) is 27.0 Å². The number of carbonyl (C=O) groups excluding carboxylic acids is 5. The Kier molecular flexibility index (Phi) is 8.47. The molecule has 11 nitrogen and oxygen atoms in total. The molecule has 3 aromatic carbocycles. The van der Waals surface area contributed by atoms with E-state index in [0.29, 0.717) is 11.3 Å². The number of hydrogen-bond acceptors (Lipinski definition) is 8. The molecule has 41 heavy (non-hydrogen) atoms. The number of nitrogens with zero attached hydrogens (tertiary/aromatic N) is 1. The van der Waals surface area contributed by atoms with Gasteiger partial charge in [-0.1, -0.05) is 18.2 Å². The monoisotopic (exact) mass is 557 g/mol. The number of barbiturate groups is 1. The van der Waals surface area contributed by atoms with Crippen molar-refractivity contribution in [2.45, 2.75) is 13.8 Å². The Morgan fingerprint density at radius 2 is 1.68 bits per heavy atom. The van der Waals surface area contributed by atoms with Gasteiger partial charge in [-0.15, -0.1) is 0 Å². The Labute approximate surface area is 235 Å². The molecule has 0 aliphatic carbocycles. The lowest BCUT2D eigenvalue weighted by Gasteiger charge is -2.26. The molecule has 210 valence electrons. The SMILES string of the molecule is COC(=O)c1ccc(N2C(=O)NC(=O)/C(=C/c3ccc(OCC(=O)Nc4cccc(C)c4C)c(OC)c3)C2=O)cc1. The third-order valence-electron chi connectivity index (χ3n) is 6.38. The number of methoxy groups -OCH3 is 2. The zero-order valence-electron chi connectivity index (χ0n) is 22.8. The number of benzene rings is 3. The summed E-state index contributed by atoms with van der Waals surface area (Å²) in [4.78, 5) is 63.2. The fourth-order valence-electron chi connectivity index (χ4n) is 4.03. The van der Waals surface area contributed by atoms with Crippen molar-refractivity contribution in [2.24, 2.45) is 0 Å². The predicted molar refractivity (Wildman–Crippen MR) is 150 cm³/mol. The molecule has 1 aliphatic heterocycles. The summed E-state index contributed by atoms with van der Waals surface area (Å²) in [5, 5.41) is 4.96. The van der Waals surface area contributed by atoms with Crippen molar-refractivity contribution in [2.75, 3.05) is 31.0 Å². The van der Waals surface area contributed by atoms with Crippen LogP contribution in [0.4, 0.5) is 16.2 Å². The summed E-state index contributed by atoms with van der Waals surface area (Å²) in [5.74, 6) is -2.13. The van der Waals surface area contributed by atoms with Crippen LogP contribution in [0.5, 0.6) is 11.5 Å². The molecule has 1 aliphatic rings. The number of amides is 5. The molecule has 1 fully saturated rings. The molecule has 0 aromatic heterocycles. The van der Waals surface area contributed by atoms with E-state index in [1.807, 2.05) is 26.0 Å². The second kappa shape index (κ2) is 12.2. The average Bonchev–Trinajstić information content (AvgIpc) is 2.96. The molecule has 1 heterocycles. The van der Waals surface area contributed by atoms with Crippen LogP contribution < -0.4 is 25.0 Å². The smallest absolute Gasteiger partial charge is 0.337 e. The minimum Gasteiger partial charge on any atom is -0.493 e. The van der Waals surface area contributed by atoms with Gasteiger partial charge in [0, 0.05) is 5.69 Å². The summed E-state index contributed by atoms with van der Waals surface area (Å²) in [5.41, 5.74) is 3.17. The average molecular weight is 558 g/mol. The largest absolute Gasteiger partial charge is 0.493 e. The Morgan fingerprint density at radius 3 is 2.37 bits per heavy atom. The maximum Gasteiger partial charge on any atom is 0.337 e. The number of esters is 1. The molecule has 4 rings (SSSR count). The van der Waals surface area contributed by atoms with E-state index in [0.717, 1.165) is 16.0 Å². The predicted octanol–water partition coefficient (Wildman–Crippen LogP) is 3.78. The number of carbonyl (C=O) groups is 5.